The predicted octanol–water partition coefficient (Wildman–Crippen LogP) is 4.04. The van der Waals surface area contributed by atoms with Crippen LogP contribution in [0, 0.1) is 5.92 Å². The Kier molecular flexibility index (Phi) is 3.33. The van der Waals surface area contributed by atoms with Gasteiger partial charge >= 0.3 is 0 Å². The molecular formula is C16H20N2S. The number of nitrogens with zero attached hydrogens (tertiary/aromatic N) is 1. The van der Waals surface area contributed by atoms with E-state index in [0.29, 0.717) is 12.0 Å². The van der Waals surface area contributed by atoms with Crippen molar-refractivity contribution in [1.82, 2.24) is 4.90 Å². The topological polar surface area (TPSA) is 29.3 Å². The molecule has 0 fully saturated rings. The van der Waals surface area contributed by atoms with Crippen LogP contribution >= 0.6 is 11.3 Å². The van der Waals surface area contributed by atoms with E-state index in [9.17, 15) is 0 Å². The van der Waals surface area contributed by atoms with Crippen molar-refractivity contribution >= 4 is 17.0 Å². The number of thiophene rings is 1. The molecule has 0 bridgehead atoms. The number of nitrogens with two attached hydrogens (primary N) is 1. The van der Waals surface area contributed by atoms with Crippen molar-refractivity contribution in [3.63, 3.8) is 0 Å². The highest BCUT2D eigenvalue weighted by atomic mass is 32.1. The summed E-state index contributed by atoms with van der Waals surface area (Å²) in [6.45, 7) is 6.67. The lowest BCUT2D eigenvalue weighted by Crippen LogP contribution is -2.26. The predicted molar refractivity (Wildman–Crippen MR) is 82.0 cm³/mol. The van der Waals surface area contributed by atoms with Crippen LogP contribution in [0.25, 0.3) is 0 Å². The number of hydrogen-bond donors (Lipinski definition) is 1. The summed E-state index contributed by atoms with van der Waals surface area (Å²) < 4.78 is 0. The first-order valence-corrected chi connectivity index (χ1v) is 7.68. The van der Waals surface area contributed by atoms with E-state index in [1.54, 1.807) is 0 Å². The highest BCUT2D eigenvalue weighted by Crippen LogP contribution is 2.37. The zero-order chi connectivity index (χ0) is 13.4. The number of fused-ring (bicyclic) bond motifs is 1. The van der Waals surface area contributed by atoms with Crippen LogP contribution in [-0.4, -0.2) is 4.90 Å². The summed E-state index contributed by atoms with van der Waals surface area (Å²) in [5.74, 6) is 0.616. The summed E-state index contributed by atoms with van der Waals surface area (Å²) in [6.07, 6.45) is 0. The average molecular weight is 272 g/mol. The maximum atomic E-state index is 5.89. The summed E-state index contributed by atoms with van der Waals surface area (Å²) >= 11 is 1.86. The Morgan fingerprint density at radius 2 is 1.95 bits per heavy atom. The fourth-order valence-corrected chi connectivity index (χ4v) is 4.06. The number of nitrogen functional groups attached to an aromatic ring is 1. The lowest BCUT2D eigenvalue weighted by Gasteiger charge is -2.30. The molecule has 1 aliphatic rings. The standard InChI is InChI=1S/C16H20N2S/c1-11(2)16(15-4-3-7-19-15)18-9-12-5-6-14(17)8-13(12)10-18/h3-8,11,16H,9-10,17H2,1-2H3. The van der Waals surface area contributed by atoms with E-state index < -0.39 is 0 Å². The maximum Gasteiger partial charge on any atom is 0.0471 e. The molecule has 1 unspecified atom stereocenters. The molecule has 0 amide bonds. The van der Waals surface area contributed by atoms with Crippen LogP contribution in [-0.2, 0) is 13.1 Å². The molecule has 1 aliphatic heterocycles. The van der Waals surface area contributed by atoms with Crippen LogP contribution in [0.3, 0.4) is 0 Å². The second-order valence-electron chi connectivity index (χ2n) is 5.64. The molecule has 1 atom stereocenters. The Morgan fingerprint density at radius 3 is 2.63 bits per heavy atom. The van der Waals surface area contributed by atoms with E-state index >= 15 is 0 Å². The van der Waals surface area contributed by atoms with Crippen LogP contribution in [0.4, 0.5) is 5.69 Å². The Balaban J connectivity index is 1.88. The SMILES string of the molecule is CC(C)C(c1cccs1)N1Cc2ccc(N)cc2C1. The Hall–Kier alpha value is -1.32. The zero-order valence-corrected chi connectivity index (χ0v) is 12.3. The first-order chi connectivity index (χ1) is 9.15. The number of benzene rings is 1. The van der Waals surface area contributed by atoms with Crippen LogP contribution in [0.1, 0.15) is 35.9 Å². The van der Waals surface area contributed by atoms with Gasteiger partial charge in [-0.15, -0.1) is 11.3 Å². The maximum absolute atomic E-state index is 5.89. The fourth-order valence-electron chi connectivity index (χ4n) is 3.03. The molecular weight excluding hydrogens is 252 g/mol. The van der Waals surface area contributed by atoms with E-state index in [1.807, 2.05) is 17.4 Å². The summed E-state index contributed by atoms with van der Waals surface area (Å²) in [5.41, 5.74) is 9.58. The molecule has 3 rings (SSSR count). The summed E-state index contributed by atoms with van der Waals surface area (Å²) in [5, 5.41) is 2.17. The van der Waals surface area contributed by atoms with Crippen molar-refractivity contribution in [1.29, 1.82) is 0 Å². The van der Waals surface area contributed by atoms with Crippen molar-refractivity contribution in [3.05, 3.63) is 51.7 Å². The van der Waals surface area contributed by atoms with Gasteiger partial charge in [0, 0.05) is 29.7 Å². The molecule has 2 aromatic rings. The van der Waals surface area contributed by atoms with E-state index in [2.05, 4.69) is 48.4 Å². The van der Waals surface area contributed by atoms with E-state index in [-0.39, 0.29) is 0 Å². The van der Waals surface area contributed by atoms with Crippen LogP contribution in [0.5, 0.6) is 0 Å². The number of hydrogen-bond acceptors (Lipinski definition) is 3. The van der Waals surface area contributed by atoms with Gasteiger partial charge in [0.05, 0.1) is 0 Å². The van der Waals surface area contributed by atoms with Gasteiger partial charge in [0.1, 0.15) is 0 Å². The molecule has 0 aliphatic carbocycles. The fraction of sp³-hybridized carbons (Fsp3) is 0.375. The molecule has 19 heavy (non-hydrogen) atoms. The highest BCUT2D eigenvalue weighted by molar-refractivity contribution is 7.10. The third-order valence-corrected chi connectivity index (χ3v) is 4.78. The van der Waals surface area contributed by atoms with Gasteiger partial charge in [0.2, 0.25) is 0 Å². The highest BCUT2D eigenvalue weighted by Gasteiger charge is 2.29. The lowest BCUT2D eigenvalue weighted by molar-refractivity contribution is 0.159. The van der Waals surface area contributed by atoms with Crippen LogP contribution in [0.2, 0.25) is 0 Å². The lowest BCUT2D eigenvalue weighted by atomic mass is 10.0. The van der Waals surface area contributed by atoms with Gasteiger partial charge in [-0.1, -0.05) is 26.0 Å². The number of anilines is 1. The molecule has 1 aromatic heterocycles. The van der Waals surface area contributed by atoms with Gasteiger partial charge in [0.15, 0.2) is 0 Å². The first kappa shape index (κ1) is 12.7. The van der Waals surface area contributed by atoms with Gasteiger partial charge in [-0.25, -0.2) is 0 Å². The Bertz CT molecular complexity index is 560. The molecule has 0 spiro atoms. The number of rotatable bonds is 3. The summed E-state index contributed by atoms with van der Waals surface area (Å²) in [4.78, 5) is 4.04. The Labute approximate surface area is 118 Å². The summed E-state index contributed by atoms with van der Waals surface area (Å²) in [7, 11) is 0. The third kappa shape index (κ3) is 2.40. The molecule has 100 valence electrons. The van der Waals surface area contributed by atoms with Crippen molar-refractivity contribution in [2.75, 3.05) is 5.73 Å². The van der Waals surface area contributed by atoms with E-state index in [4.69, 9.17) is 5.73 Å². The summed E-state index contributed by atoms with van der Waals surface area (Å²) in [6, 6.07) is 11.2. The molecule has 2 nitrogen and oxygen atoms in total. The van der Waals surface area contributed by atoms with Crippen molar-refractivity contribution in [3.8, 4) is 0 Å². The van der Waals surface area contributed by atoms with Gasteiger partial charge in [-0.05, 0) is 40.6 Å². The normalized spacial score (nSPS) is 16.8. The van der Waals surface area contributed by atoms with E-state index in [1.165, 1.54) is 16.0 Å². The first-order valence-electron chi connectivity index (χ1n) is 6.80. The molecule has 2 heterocycles. The second-order valence-corrected chi connectivity index (χ2v) is 6.62. The van der Waals surface area contributed by atoms with Gasteiger partial charge < -0.3 is 5.73 Å². The Morgan fingerprint density at radius 1 is 1.16 bits per heavy atom. The molecule has 1 aromatic carbocycles. The smallest absolute Gasteiger partial charge is 0.0471 e. The molecule has 0 saturated heterocycles. The molecule has 0 saturated carbocycles. The van der Waals surface area contributed by atoms with Gasteiger partial charge in [-0.3, -0.25) is 4.90 Å². The minimum atomic E-state index is 0.508. The molecule has 0 radical (unpaired) electrons. The van der Waals surface area contributed by atoms with Crippen molar-refractivity contribution in [2.24, 2.45) is 5.92 Å². The molecule has 3 heteroatoms. The second kappa shape index (κ2) is 4.99. The zero-order valence-electron chi connectivity index (χ0n) is 11.5. The molecule has 2 N–H and O–H groups in total. The van der Waals surface area contributed by atoms with Crippen LogP contribution < -0.4 is 5.73 Å². The van der Waals surface area contributed by atoms with E-state index in [0.717, 1.165) is 18.8 Å². The minimum absolute atomic E-state index is 0.508. The van der Waals surface area contributed by atoms with Crippen LogP contribution in [0.15, 0.2) is 35.7 Å². The van der Waals surface area contributed by atoms with Crippen molar-refractivity contribution < 1.29 is 0 Å². The largest absolute Gasteiger partial charge is 0.399 e. The van der Waals surface area contributed by atoms with Crippen molar-refractivity contribution in [2.45, 2.75) is 33.0 Å². The average Bonchev–Trinajstić information content (AvgIpc) is 2.97. The minimum Gasteiger partial charge on any atom is -0.399 e. The van der Waals surface area contributed by atoms with Gasteiger partial charge in [-0.2, -0.15) is 0 Å². The monoisotopic (exact) mass is 272 g/mol. The van der Waals surface area contributed by atoms with Gasteiger partial charge in [0.25, 0.3) is 0 Å². The third-order valence-electron chi connectivity index (χ3n) is 3.84. The quantitative estimate of drug-likeness (QED) is 0.854.